The molecule has 0 aliphatic heterocycles. The maximum Gasteiger partial charge on any atom is 0.193 e. The lowest BCUT2D eigenvalue weighted by atomic mass is 10.0. The highest BCUT2D eigenvalue weighted by Gasteiger charge is 2.17. The number of nitrogen functional groups attached to an aromatic ring is 1. The first-order valence-corrected chi connectivity index (χ1v) is 10.4. The van der Waals surface area contributed by atoms with Crippen molar-refractivity contribution >= 4 is 51.4 Å². The van der Waals surface area contributed by atoms with Crippen molar-refractivity contribution in [1.82, 2.24) is 0 Å². The van der Waals surface area contributed by atoms with Gasteiger partial charge in [0.15, 0.2) is 11.6 Å². The first-order valence-electron chi connectivity index (χ1n) is 8.82. The highest BCUT2D eigenvalue weighted by Crippen LogP contribution is 2.22. The summed E-state index contributed by atoms with van der Waals surface area (Å²) in [7, 11) is 0. The number of halogens is 2. The number of carbonyl (C=O) groups is 2. The molecule has 5 heteroatoms. The largest absolute Gasteiger partial charge is 0.398 e. The number of rotatable bonds is 5. The summed E-state index contributed by atoms with van der Waals surface area (Å²) in [4.78, 5) is 23.6. The van der Waals surface area contributed by atoms with E-state index in [2.05, 4.69) is 22.6 Å². The summed E-state index contributed by atoms with van der Waals surface area (Å²) in [6, 6.07) is 23.6. The van der Waals surface area contributed by atoms with Gasteiger partial charge in [-0.2, -0.15) is 0 Å². The Morgan fingerprint density at radius 1 is 0.929 bits per heavy atom. The van der Waals surface area contributed by atoms with E-state index in [0.29, 0.717) is 16.3 Å². The van der Waals surface area contributed by atoms with E-state index < -0.39 is 0 Å². The lowest BCUT2D eigenvalue weighted by Crippen LogP contribution is -2.14. The molecule has 0 saturated carbocycles. The van der Waals surface area contributed by atoms with Gasteiger partial charge in [-0.3, -0.25) is 9.59 Å². The molecule has 0 fully saturated rings. The van der Waals surface area contributed by atoms with Crippen LogP contribution >= 0.6 is 34.2 Å². The van der Waals surface area contributed by atoms with Gasteiger partial charge in [0, 0.05) is 27.4 Å². The van der Waals surface area contributed by atoms with Gasteiger partial charge in [0.2, 0.25) is 0 Å². The van der Waals surface area contributed by atoms with Crippen molar-refractivity contribution in [3.05, 3.63) is 101 Å². The van der Waals surface area contributed by atoms with E-state index in [0.717, 1.165) is 17.5 Å². The summed E-state index contributed by atoms with van der Waals surface area (Å²) >= 11 is 7.91. The number of benzene rings is 3. The number of Topliss-reactive ketones (excluding diaryl/α,β-unsaturated/α-hetero) is 1. The molecule has 1 unspecified atom stereocenters. The predicted molar refractivity (Wildman–Crippen MR) is 125 cm³/mol. The van der Waals surface area contributed by atoms with Gasteiger partial charge in [-0.15, -0.1) is 0 Å². The Balaban J connectivity index is 0.000000200. The van der Waals surface area contributed by atoms with Crippen molar-refractivity contribution in [2.45, 2.75) is 17.3 Å². The summed E-state index contributed by atoms with van der Waals surface area (Å²) in [5.74, 6) is 0.124. The average molecular weight is 506 g/mol. The number of carbonyl (C=O) groups excluding carboxylic acids is 2. The molecule has 0 aromatic heterocycles. The minimum absolute atomic E-state index is 0.0339. The zero-order chi connectivity index (χ0) is 20.5. The van der Waals surface area contributed by atoms with Crippen LogP contribution < -0.4 is 5.73 Å². The maximum absolute atomic E-state index is 11.8. The summed E-state index contributed by atoms with van der Waals surface area (Å²) in [6.07, 6.45) is 0.797. The van der Waals surface area contributed by atoms with E-state index in [1.165, 1.54) is 0 Å². The van der Waals surface area contributed by atoms with Crippen molar-refractivity contribution in [1.29, 1.82) is 0 Å². The summed E-state index contributed by atoms with van der Waals surface area (Å²) in [5.41, 5.74) is 8.19. The molecular weight excluding hydrogens is 485 g/mol. The second-order valence-electron chi connectivity index (χ2n) is 6.03. The van der Waals surface area contributed by atoms with Crippen LogP contribution in [-0.2, 0) is 0 Å². The standard InChI is InChI=1S/C13H10O.C10H11ClINO/c14-13(11-7-3-1-4-8-11)12-9-5-2-6-10-12;1-2-8(12)10(14)7-5-6(11)3-4-9(7)13/h1-10H;3-5,8H,2,13H2,1H3. The molecule has 144 valence electrons. The SMILES string of the molecule is CCC(I)C(=O)c1cc(Cl)ccc1N.O=C(c1ccccc1)c1ccccc1. The first kappa shape index (κ1) is 22.1. The molecule has 0 spiro atoms. The molecule has 28 heavy (non-hydrogen) atoms. The number of alkyl halides is 1. The Labute approximate surface area is 184 Å². The fourth-order valence-electron chi connectivity index (χ4n) is 2.44. The molecule has 0 saturated heterocycles. The molecule has 3 aromatic rings. The van der Waals surface area contributed by atoms with E-state index in [1.807, 2.05) is 67.6 Å². The van der Waals surface area contributed by atoms with Gasteiger partial charge in [-0.25, -0.2) is 0 Å². The van der Waals surface area contributed by atoms with E-state index >= 15 is 0 Å². The zero-order valence-corrected chi connectivity index (χ0v) is 18.4. The van der Waals surface area contributed by atoms with Gasteiger partial charge in [0.05, 0.1) is 3.92 Å². The Hall–Kier alpha value is -2.18. The molecule has 0 amide bonds. The van der Waals surface area contributed by atoms with E-state index in [4.69, 9.17) is 17.3 Å². The second kappa shape index (κ2) is 11.0. The monoisotopic (exact) mass is 505 g/mol. The smallest absolute Gasteiger partial charge is 0.193 e. The van der Waals surface area contributed by atoms with Crippen LogP contribution in [0.2, 0.25) is 5.02 Å². The molecular formula is C23H21ClINO2. The van der Waals surface area contributed by atoms with E-state index in [9.17, 15) is 9.59 Å². The summed E-state index contributed by atoms with van der Waals surface area (Å²) < 4.78 is -0.0339. The van der Waals surface area contributed by atoms with E-state index in [1.54, 1.807) is 18.2 Å². The first-order chi connectivity index (χ1) is 13.4. The quantitative estimate of drug-likeness (QED) is 0.193. The van der Waals surface area contributed by atoms with Crippen LogP contribution in [0.15, 0.2) is 78.9 Å². The normalized spacial score (nSPS) is 11.1. The van der Waals surface area contributed by atoms with Crippen LogP contribution in [0.3, 0.4) is 0 Å². The van der Waals surface area contributed by atoms with Gasteiger partial charge in [0.25, 0.3) is 0 Å². The number of anilines is 1. The second-order valence-corrected chi connectivity index (χ2v) is 7.97. The van der Waals surface area contributed by atoms with Crippen LogP contribution in [0.1, 0.15) is 39.6 Å². The minimum Gasteiger partial charge on any atom is -0.398 e. The van der Waals surface area contributed by atoms with E-state index in [-0.39, 0.29) is 15.5 Å². The highest BCUT2D eigenvalue weighted by molar-refractivity contribution is 14.1. The number of ketones is 2. The lowest BCUT2D eigenvalue weighted by molar-refractivity contribution is 0.0992. The molecule has 0 heterocycles. The third kappa shape index (κ3) is 6.17. The van der Waals surface area contributed by atoms with Crippen molar-refractivity contribution < 1.29 is 9.59 Å². The van der Waals surface area contributed by atoms with Gasteiger partial charge < -0.3 is 5.73 Å². The Morgan fingerprint density at radius 2 is 1.43 bits per heavy atom. The van der Waals surface area contributed by atoms with Gasteiger partial charge in [-0.1, -0.05) is 102 Å². The van der Waals surface area contributed by atoms with Gasteiger partial charge in [0.1, 0.15) is 0 Å². The van der Waals surface area contributed by atoms with Crippen LogP contribution in [0, 0.1) is 0 Å². The van der Waals surface area contributed by atoms with Gasteiger partial charge >= 0.3 is 0 Å². The minimum atomic E-state index is -0.0339. The topological polar surface area (TPSA) is 60.2 Å². The molecule has 0 aliphatic rings. The highest BCUT2D eigenvalue weighted by atomic mass is 127. The molecule has 1 atom stereocenters. The van der Waals surface area contributed by atoms with Crippen molar-refractivity contribution in [3.63, 3.8) is 0 Å². The molecule has 0 radical (unpaired) electrons. The Kier molecular flexibility index (Phi) is 8.67. The van der Waals surface area contributed by atoms with Crippen molar-refractivity contribution in [2.75, 3.05) is 5.73 Å². The van der Waals surface area contributed by atoms with Crippen LogP contribution in [-0.4, -0.2) is 15.5 Å². The molecule has 3 nitrogen and oxygen atoms in total. The zero-order valence-electron chi connectivity index (χ0n) is 15.4. The molecule has 3 aromatic carbocycles. The van der Waals surface area contributed by atoms with Crippen LogP contribution in [0.25, 0.3) is 0 Å². The fourth-order valence-corrected chi connectivity index (χ4v) is 2.95. The van der Waals surface area contributed by atoms with Gasteiger partial charge in [-0.05, 0) is 24.6 Å². The van der Waals surface area contributed by atoms with Crippen molar-refractivity contribution in [2.24, 2.45) is 0 Å². The van der Waals surface area contributed by atoms with Crippen LogP contribution in [0.5, 0.6) is 0 Å². The maximum atomic E-state index is 11.8. The Bertz CT molecular complexity index is 888. The molecule has 0 bridgehead atoms. The Morgan fingerprint density at radius 3 is 1.89 bits per heavy atom. The average Bonchev–Trinajstić information content (AvgIpc) is 2.75. The molecule has 0 aliphatic carbocycles. The summed E-state index contributed by atoms with van der Waals surface area (Å²) in [6.45, 7) is 1.97. The number of hydrogen-bond donors (Lipinski definition) is 1. The fraction of sp³-hybridized carbons (Fsp3) is 0.130. The third-order valence-electron chi connectivity index (χ3n) is 4.00. The summed E-state index contributed by atoms with van der Waals surface area (Å²) in [5, 5.41) is 0.544. The number of nitrogens with two attached hydrogens (primary N) is 1. The lowest BCUT2D eigenvalue weighted by Gasteiger charge is -2.08. The predicted octanol–water partition coefficient (Wildman–Crippen LogP) is 6.24. The molecule has 3 rings (SSSR count). The third-order valence-corrected chi connectivity index (χ3v) is 5.68. The van der Waals surface area contributed by atoms with Crippen molar-refractivity contribution in [3.8, 4) is 0 Å². The molecule has 2 N–H and O–H groups in total. The number of hydrogen-bond acceptors (Lipinski definition) is 3. The van der Waals surface area contributed by atoms with Crippen LogP contribution in [0.4, 0.5) is 5.69 Å².